The van der Waals surface area contributed by atoms with Crippen LogP contribution in [0.4, 0.5) is 4.39 Å². The third kappa shape index (κ3) is 3.66. The summed E-state index contributed by atoms with van der Waals surface area (Å²) in [5.41, 5.74) is 1.27. The van der Waals surface area contributed by atoms with Crippen LogP contribution in [0.25, 0.3) is 11.0 Å². The van der Waals surface area contributed by atoms with Crippen molar-refractivity contribution in [1.29, 1.82) is 0 Å². The highest BCUT2D eigenvalue weighted by atomic mass is 19.1. The van der Waals surface area contributed by atoms with Gasteiger partial charge in [-0.2, -0.15) is 0 Å². The van der Waals surface area contributed by atoms with Crippen molar-refractivity contribution in [3.8, 4) is 17.2 Å². The van der Waals surface area contributed by atoms with Crippen LogP contribution in [-0.2, 0) is 13.0 Å². The maximum Gasteiger partial charge on any atom is 0.235 e. The molecule has 0 bridgehead atoms. The first kappa shape index (κ1) is 18.9. The molecule has 0 aliphatic heterocycles. The molecule has 0 saturated carbocycles. The zero-order valence-electron chi connectivity index (χ0n) is 15.8. The van der Waals surface area contributed by atoms with Crippen LogP contribution in [-0.4, -0.2) is 24.1 Å². The van der Waals surface area contributed by atoms with Crippen molar-refractivity contribution in [2.45, 2.75) is 26.8 Å². The van der Waals surface area contributed by atoms with E-state index in [9.17, 15) is 14.3 Å². The van der Waals surface area contributed by atoms with Crippen LogP contribution in [0.2, 0.25) is 0 Å². The molecular formula is C21H22FNO4. The first-order chi connectivity index (χ1) is 12.8. The molecule has 1 N–H and O–H groups in total. The molecule has 2 aromatic carbocycles. The third-order valence-corrected chi connectivity index (χ3v) is 4.34. The van der Waals surface area contributed by atoms with Gasteiger partial charge in [-0.1, -0.05) is 6.92 Å². The predicted molar refractivity (Wildman–Crippen MR) is 102 cm³/mol. The zero-order valence-corrected chi connectivity index (χ0v) is 15.8. The zero-order chi connectivity index (χ0) is 19.7. The minimum absolute atomic E-state index is 0.0534. The lowest BCUT2D eigenvalue weighted by Crippen LogP contribution is -2.14. The molecule has 0 saturated heterocycles. The van der Waals surface area contributed by atoms with Gasteiger partial charge in [0.1, 0.15) is 28.7 Å². The van der Waals surface area contributed by atoms with Gasteiger partial charge in [0.15, 0.2) is 0 Å². The summed E-state index contributed by atoms with van der Waals surface area (Å²) in [6.45, 7) is 3.96. The SMILES string of the molecule is CCc1cc2c(=O)c(Oc3ccc(F)cc3)c(C)oc2c(CN(C)C)c1O. The van der Waals surface area contributed by atoms with Crippen molar-refractivity contribution in [2.24, 2.45) is 0 Å². The fourth-order valence-corrected chi connectivity index (χ4v) is 3.01. The van der Waals surface area contributed by atoms with Gasteiger partial charge in [0.05, 0.1) is 10.9 Å². The Morgan fingerprint density at radius 1 is 1.22 bits per heavy atom. The molecule has 0 spiro atoms. The van der Waals surface area contributed by atoms with Gasteiger partial charge in [-0.05, 0) is 63.3 Å². The van der Waals surface area contributed by atoms with Crippen molar-refractivity contribution in [3.05, 3.63) is 63.3 Å². The summed E-state index contributed by atoms with van der Waals surface area (Å²) in [4.78, 5) is 15.0. The second-order valence-electron chi connectivity index (χ2n) is 6.70. The number of phenols is 1. The molecule has 0 aliphatic carbocycles. The lowest BCUT2D eigenvalue weighted by atomic mass is 10.0. The Kier molecular flexibility index (Phi) is 5.19. The van der Waals surface area contributed by atoms with Gasteiger partial charge >= 0.3 is 0 Å². The van der Waals surface area contributed by atoms with E-state index in [2.05, 4.69) is 0 Å². The van der Waals surface area contributed by atoms with Crippen molar-refractivity contribution in [3.63, 3.8) is 0 Å². The van der Waals surface area contributed by atoms with Crippen LogP contribution >= 0.6 is 0 Å². The van der Waals surface area contributed by atoms with E-state index in [1.54, 1.807) is 13.0 Å². The van der Waals surface area contributed by atoms with E-state index < -0.39 is 0 Å². The van der Waals surface area contributed by atoms with Crippen LogP contribution in [0.5, 0.6) is 17.2 Å². The van der Waals surface area contributed by atoms with Gasteiger partial charge in [0.25, 0.3) is 0 Å². The lowest BCUT2D eigenvalue weighted by Gasteiger charge is -2.17. The van der Waals surface area contributed by atoms with E-state index >= 15 is 0 Å². The van der Waals surface area contributed by atoms with Gasteiger partial charge in [-0.3, -0.25) is 4.79 Å². The number of benzene rings is 2. The highest BCUT2D eigenvalue weighted by Crippen LogP contribution is 2.34. The average Bonchev–Trinajstić information content (AvgIpc) is 2.62. The molecule has 6 heteroatoms. The number of nitrogens with zero attached hydrogens (tertiary/aromatic N) is 1. The molecule has 3 rings (SSSR count). The number of aromatic hydroxyl groups is 1. The number of rotatable bonds is 5. The van der Waals surface area contributed by atoms with E-state index in [-0.39, 0.29) is 22.7 Å². The first-order valence-corrected chi connectivity index (χ1v) is 8.71. The van der Waals surface area contributed by atoms with Crippen molar-refractivity contribution in [1.82, 2.24) is 4.90 Å². The van der Waals surface area contributed by atoms with Crippen molar-refractivity contribution < 1.29 is 18.7 Å². The summed E-state index contributed by atoms with van der Waals surface area (Å²) < 4.78 is 24.7. The van der Waals surface area contributed by atoms with Crippen LogP contribution in [0.1, 0.15) is 23.8 Å². The van der Waals surface area contributed by atoms with Gasteiger partial charge in [0, 0.05) is 6.54 Å². The Morgan fingerprint density at radius 2 is 1.89 bits per heavy atom. The van der Waals surface area contributed by atoms with Gasteiger partial charge in [-0.25, -0.2) is 4.39 Å². The second kappa shape index (κ2) is 7.40. The van der Waals surface area contributed by atoms with Crippen molar-refractivity contribution >= 4 is 11.0 Å². The molecule has 0 amide bonds. The fourth-order valence-electron chi connectivity index (χ4n) is 3.01. The average molecular weight is 371 g/mol. The Labute approximate surface area is 156 Å². The molecule has 0 radical (unpaired) electrons. The summed E-state index contributed by atoms with van der Waals surface area (Å²) in [7, 11) is 3.75. The maximum atomic E-state index is 13.1. The molecule has 0 unspecified atom stereocenters. The van der Waals surface area contributed by atoms with E-state index in [4.69, 9.17) is 9.15 Å². The summed E-state index contributed by atoms with van der Waals surface area (Å²) in [5, 5.41) is 10.9. The van der Waals surface area contributed by atoms with E-state index in [0.717, 1.165) is 0 Å². The van der Waals surface area contributed by atoms with Crippen LogP contribution in [0, 0.1) is 12.7 Å². The van der Waals surface area contributed by atoms with Crippen LogP contribution in [0.15, 0.2) is 39.5 Å². The van der Waals surface area contributed by atoms with E-state index in [0.29, 0.717) is 46.6 Å². The smallest absolute Gasteiger partial charge is 0.235 e. The van der Waals surface area contributed by atoms with Crippen LogP contribution < -0.4 is 10.2 Å². The summed E-state index contributed by atoms with van der Waals surface area (Å²) in [6.07, 6.45) is 0.573. The molecular weight excluding hydrogens is 349 g/mol. The Balaban J connectivity index is 2.22. The molecule has 0 aliphatic rings. The number of hydrogen-bond acceptors (Lipinski definition) is 5. The molecule has 27 heavy (non-hydrogen) atoms. The molecule has 0 fully saturated rings. The summed E-state index contributed by atoms with van der Waals surface area (Å²) in [5.74, 6) is 0.446. The molecule has 0 atom stereocenters. The largest absolute Gasteiger partial charge is 0.507 e. The Morgan fingerprint density at radius 3 is 2.48 bits per heavy atom. The second-order valence-corrected chi connectivity index (χ2v) is 6.70. The molecule has 142 valence electrons. The fraction of sp³-hybridized carbons (Fsp3) is 0.286. The number of hydrogen-bond donors (Lipinski definition) is 1. The molecule has 5 nitrogen and oxygen atoms in total. The van der Waals surface area contributed by atoms with Gasteiger partial charge in [-0.15, -0.1) is 0 Å². The van der Waals surface area contributed by atoms with Gasteiger partial charge in [0.2, 0.25) is 11.2 Å². The van der Waals surface area contributed by atoms with E-state index in [1.165, 1.54) is 24.3 Å². The highest BCUT2D eigenvalue weighted by molar-refractivity contribution is 5.85. The summed E-state index contributed by atoms with van der Waals surface area (Å²) in [6, 6.07) is 7.06. The number of aryl methyl sites for hydroxylation is 2. The summed E-state index contributed by atoms with van der Waals surface area (Å²) >= 11 is 0. The molecule has 1 heterocycles. The van der Waals surface area contributed by atoms with E-state index in [1.807, 2.05) is 25.9 Å². The number of ether oxygens (including phenoxy) is 1. The highest BCUT2D eigenvalue weighted by Gasteiger charge is 2.21. The maximum absolute atomic E-state index is 13.1. The quantitative estimate of drug-likeness (QED) is 0.722. The monoisotopic (exact) mass is 371 g/mol. The minimum Gasteiger partial charge on any atom is -0.507 e. The van der Waals surface area contributed by atoms with Crippen LogP contribution in [0.3, 0.4) is 0 Å². The number of fused-ring (bicyclic) bond motifs is 1. The standard InChI is InChI=1S/C21H22FNO4/c1-5-13-10-16-19(25)20(27-15-8-6-14(22)7-9-15)12(2)26-21(16)17(18(13)24)11-23(3)4/h6-10,24H,5,11H2,1-4H3. The first-order valence-electron chi connectivity index (χ1n) is 8.71. The third-order valence-electron chi connectivity index (χ3n) is 4.34. The van der Waals surface area contributed by atoms with Gasteiger partial charge < -0.3 is 19.2 Å². The number of halogens is 1. The predicted octanol–water partition coefficient (Wildman–Crippen LogP) is 4.36. The van der Waals surface area contributed by atoms with Crippen molar-refractivity contribution in [2.75, 3.05) is 14.1 Å². The topological polar surface area (TPSA) is 62.9 Å². The normalized spacial score (nSPS) is 11.3. The Bertz CT molecular complexity index is 1040. The molecule has 1 aromatic heterocycles. The lowest BCUT2D eigenvalue weighted by molar-refractivity contribution is 0.380. The Hall–Kier alpha value is -2.86. The minimum atomic E-state index is -0.388. The molecule has 3 aromatic rings. The number of phenolic OH excluding ortho intramolecular Hbond substituents is 1.